The number of hydrogen-bond donors (Lipinski definition) is 0. The molecule has 1 aromatic heterocycles. The van der Waals surface area contributed by atoms with Crippen molar-refractivity contribution >= 4 is 39.2 Å². The molecule has 0 radical (unpaired) electrons. The van der Waals surface area contributed by atoms with Crippen LogP contribution in [0.2, 0.25) is 5.02 Å². The van der Waals surface area contributed by atoms with E-state index in [1.165, 1.54) is 17.9 Å². The topological polar surface area (TPSA) is 103 Å². The lowest BCUT2D eigenvalue weighted by atomic mass is 9.81. The van der Waals surface area contributed by atoms with Gasteiger partial charge in [-0.15, -0.1) is 4.40 Å². The van der Waals surface area contributed by atoms with E-state index < -0.39 is 44.0 Å². The van der Waals surface area contributed by atoms with E-state index >= 15 is 4.39 Å². The first-order chi connectivity index (χ1) is 18.7. The molecule has 2 aromatic carbocycles. The van der Waals surface area contributed by atoms with Crippen molar-refractivity contribution in [3.63, 3.8) is 0 Å². The van der Waals surface area contributed by atoms with Crippen LogP contribution in [0.4, 0.5) is 13.6 Å². The molecule has 2 unspecified atom stereocenters. The summed E-state index contributed by atoms with van der Waals surface area (Å²) >= 11 is 6.85. The average molecular weight is 615 g/mol. The molecule has 2 heterocycles. The number of benzene rings is 2. The van der Waals surface area contributed by atoms with E-state index in [0.717, 1.165) is 17.1 Å². The number of sulfonamides is 1. The maximum Gasteiger partial charge on any atom is 0.410 e. The number of carbonyl (C=O) groups is 1. The highest BCUT2D eigenvalue weighted by atomic mass is 35.5. The van der Waals surface area contributed by atoms with Crippen molar-refractivity contribution < 1.29 is 31.5 Å². The molecule has 9 nitrogen and oxygen atoms in total. The quantitative estimate of drug-likeness (QED) is 0.382. The third kappa shape index (κ3) is 7.18. The zero-order valence-electron chi connectivity index (χ0n) is 22.3. The molecule has 0 N–H and O–H groups in total. The molecule has 1 aliphatic heterocycles. The molecule has 0 saturated carbocycles. The first-order valence-electron chi connectivity index (χ1n) is 12.4. The molecule has 1 aliphatic rings. The van der Waals surface area contributed by atoms with E-state index in [2.05, 4.69) is 8.77 Å². The SMILES string of the molecule is Cn1cns/c1=N\S(=O)(=O)c1cc(F)c(OCC2CN(C(=O)OC(C)(C)C)CCC2c2ccc(Cl)cc2)cc1F. The van der Waals surface area contributed by atoms with Gasteiger partial charge in [0.25, 0.3) is 10.0 Å². The van der Waals surface area contributed by atoms with Crippen LogP contribution in [-0.4, -0.2) is 53.6 Å². The van der Waals surface area contributed by atoms with Crippen molar-refractivity contribution in [2.24, 2.45) is 17.4 Å². The maximum absolute atomic E-state index is 15.0. The summed E-state index contributed by atoms with van der Waals surface area (Å²) < 4.78 is 75.2. The molecular weight excluding hydrogens is 586 g/mol. The Hall–Kier alpha value is -3.03. The summed E-state index contributed by atoms with van der Waals surface area (Å²) in [6, 6.07) is 8.54. The predicted octanol–water partition coefficient (Wildman–Crippen LogP) is 5.12. The van der Waals surface area contributed by atoms with Gasteiger partial charge in [-0.2, -0.15) is 12.8 Å². The minimum Gasteiger partial charge on any atom is -0.490 e. The van der Waals surface area contributed by atoms with Crippen molar-refractivity contribution in [2.45, 2.75) is 43.6 Å². The van der Waals surface area contributed by atoms with E-state index in [0.29, 0.717) is 30.1 Å². The Balaban J connectivity index is 1.57. The monoisotopic (exact) mass is 614 g/mol. The Bertz CT molecular complexity index is 1550. The summed E-state index contributed by atoms with van der Waals surface area (Å²) in [5, 5.41) is 0.575. The highest BCUT2D eigenvalue weighted by Crippen LogP contribution is 2.35. The molecule has 216 valence electrons. The van der Waals surface area contributed by atoms with Crippen molar-refractivity contribution in [2.75, 3.05) is 19.7 Å². The first kappa shape index (κ1) is 29.9. The van der Waals surface area contributed by atoms with Crippen molar-refractivity contribution in [1.29, 1.82) is 0 Å². The Morgan fingerprint density at radius 2 is 1.90 bits per heavy atom. The van der Waals surface area contributed by atoms with Gasteiger partial charge in [-0.1, -0.05) is 23.7 Å². The van der Waals surface area contributed by atoms with Crippen LogP contribution in [0.15, 0.2) is 52.0 Å². The molecule has 0 bridgehead atoms. The van der Waals surface area contributed by atoms with Gasteiger partial charge in [0.2, 0.25) is 4.80 Å². The zero-order chi connectivity index (χ0) is 29.2. The van der Waals surface area contributed by atoms with Crippen LogP contribution >= 0.6 is 23.1 Å². The second kappa shape index (κ2) is 11.8. The zero-order valence-corrected chi connectivity index (χ0v) is 24.7. The van der Waals surface area contributed by atoms with Gasteiger partial charge in [-0.05, 0) is 50.8 Å². The first-order valence-corrected chi connectivity index (χ1v) is 15.0. The van der Waals surface area contributed by atoms with Crippen LogP contribution in [0.5, 0.6) is 5.75 Å². The normalized spacial score (nSPS) is 18.6. The Morgan fingerprint density at radius 3 is 2.52 bits per heavy atom. The van der Waals surface area contributed by atoms with Gasteiger partial charge in [0.15, 0.2) is 11.6 Å². The maximum atomic E-state index is 15.0. The molecule has 1 fully saturated rings. The van der Waals surface area contributed by atoms with Crippen LogP contribution in [0.25, 0.3) is 0 Å². The number of aromatic nitrogens is 2. The molecule has 1 saturated heterocycles. The second-order valence-corrected chi connectivity index (χ2v) is 13.2. The summed E-state index contributed by atoms with van der Waals surface area (Å²) in [5.74, 6) is -3.10. The summed E-state index contributed by atoms with van der Waals surface area (Å²) in [4.78, 5) is 13.4. The van der Waals surface area contributed by atoms with Gasteiger partial charge in [0.1, 0.15) is 22.6 Å². The number of piperidine rings is 1. The van der Waals surface area contributed by atoms with Gasteiger partial charge in [0.05, 0.1) is 6.61 Å². The lowest BCUT2D eigenvalue weighted by molar-refractivity contribution is 0.0110. The molecule has 4 rings (SSSR count). The Morgan fingerprint density at radius 1 is 1.20 bits per heavy atom. The molecule has 3 aromatic rings. The Labute approximate surface area is 240 Å². The third-order valence-electron chi connectivity index (χ3n) is 6.26. The van der Waals surface area contributed by atoms with E-state index in [1.54, 1.807) is 37.8 Å². The molecule has 40 heavy (non-hydrogen) atoms. The standard InChI is InChI=1S/C26H29ClF2N4O5S2/c1-26(2,3)38-25(34)33-10-9-19(16-5-7-18(27)8-6-16)17(13-33)14-37-22-11-21(29)23(12-20(22)28)40(35,36)31-24-32(4)15-30-39-24/h5-8,11-12,15,17,19H,9-10,13-14H2,1-4H3/b31-24-. The smallest absolute Gasteiger partial charge is 0.410 e. The van der Waals surface area contributed by atoms with E-state index in [4.69, 9.17) is 21.1 Å². The van der Waals surface area contributed by atoms with Crippen LogP contribution in [0.1, 0.15) is 38.7 Å². The molecule has 0 aliphatic carbocycles. The third-order valence-corrected chi connectivity index (χ3v) is 8.65. The molecule has 0 spiro atoms. The molecule has 1 amide bonds. The van der Waals surface area contributed by atoms with Crippen molar-refractivity contribution in [1.82, 2.24) is 13.8 Å². The summed E-state index contributed by atoms with van der Waals surface area (Å²) in [5.41, 5.74) is 0.287. The molecule has 2 atom stereocenters. The lowest BCUT2D eigenvalue weighted by Crippen LogP contribution is -2.46. The number of ether oxygens (including phenoxy) is 2. The number of likely N-dealkylation sites (tertiary alicyclic amines) is 1. The molecular formula is C26H29ClF2N4O5S2. The van der Waals surface area contributed by atoms with Gasteiger partial charge in [0, 0.05) is 54.7 Å². The number of nitrogens with zero attached hydrogens (tertiary/aromatic N) is 4. The summed E-state index contributed by atoms with van der Waals surface area (Å²) in [6.45, 7) is 5.95. The number of hydrogen-bond acceptors (Lipinski definition) is 7. The van der Waals surface area contributed by atoms with Gasteiger partial charge < -0.3 is 18.9 Å². The fourth-order valence-electron chi connectivity index (χ4n) is 4.35. The number of amides is 1. The van der Waals surface area contributed by atoms with E-state index in [9.17, 15) is 17.6 Å². The molecule has 14 heteroatoms. The van der Waals surface area contributed by atoms with Crippen LogP contribution in [0, 0.1) is 17.6 Å². The number of halogens is 3. The van der Waals surface area contributed by atoms with Crippen LogP contribution in [-0.2, 0) is 21.8 Å². The number of aryl methyl sites for hydroxylation is 1. The van der Waals surface area contributed by atoms with E-state index in [1.807, 2.05) is 12.1 Å². The van der Waals surface area contributed by atoms with Gasteiger partial charge in [-0.25, -0.2) is 13.6 Å². The van der Waals surface area contributed by atoms with Gasteiger partial charge in [-0.3, -0.25) is 0 Å². The summed E-state index contributed by atoms with van der Waals surface area (Å²) in [7, 11) is -3.03. The number of carbonyl (C=O) groups excluding carboxylic acids is 1. The highest BCUT2D eigenvalue weighted by molar-refractivity contribution is 7.90. The van der Waals surface area contributed by atoms with Gasteiger partial charge >= 0.3 is 6.09 Å². The van der Waals surface area contributed by atoms with Crippen molar-refractivity contribution in [3.8, 4) is 5.75 Å². The van der Waals surface area contributed by atoms with Crippen molar-refractivity contribution in [3.05, 3.63) is 69.7 Å². The highest BCUT2D eigenvalue weighted by Gasteiger charge is 2.35. The van der Waals surface area contributed by atoms with E-state index in [-0.39, 0.29) is 29.8 Å². The fourth-order valence-corrected chi connectivity index (χ4v) is 6.35. The fraction of sp³-hybridized carbons (Fsp3) is 0.423. The number of rotatable bonds is 6. The van der Waals surface area contributed by atoms with Crippen LogP contribution < -0.4 is 9.54 Å². The Kier molecular flexibility index (Phi) is 8.86. The predicted molar refractivity (Wildman–Crippen MR) is 146 cm³/mol. The lowest BCUT2D eigenvalue weighted by Gasteiger charge is -2.39. The van der Waals surface area contributed by atoms with Crippen LogP contribution in [0.3, 0.4) is 0 Å². The summed E-state index contributed by atoms with van der Waals surface area (Å²) in [6.07, 6.45) is 1.45. The second-order valence-electron chi connectivity index (χ2n) is 10.4. The minimum absolute atomic E-state index is 0.000200. The largest absolute Gasteiger partial charge is 0.490 e. The average Bonchev–Trinajstić information content (AvgIpc) is 3.27. The minimum atomic E-state index is -4.56.